The van der Waals surface area contributed by atoms with E-state index in [1.165, 1.54) is 0 Å². The molecule has 1 fully saturated rings. The smallest absolute Gasteiger partial charge is 0.272 e. The second kappa shape index (κ2) is 10.7. The molecule has 1 aliphatic rings. The maximum Gasteiger partial charge on any atom is 0.272 e. The van der Waals surface area contributed by atoms with Crippen LogP contribution in [0.2, 0.25) is 0 Å². The number of piperidine rings is 1. The zero-order valence-electron chi connectivity index (χ0n) is 19.0. The zero-order chi connectivity index (χ0) is 22.6. The minimum absolute atomic E-state index is 0. The SMILES string of the molecule is Cl.Cn1nc(C(=O)NC2CCNCC2)c2ccc(OCc3ccccc3-c3ccccc3)nc21. The topological polar surface area (TPSA) is 81.1 Å². The quantitative estimate of drug-likeness (QED) is 0.436. The lowest BCUT2D eigenvalue weighted by atomic mass is 10.0. The predicted octanol–water partition coefficient (Wildman–Crippen LogP) is 4.12. The molecule has 2 aromatic carbocycles. The molecule has 34 heavy (non-hydrogen) atoms. The molecule has 0 radical (unpaired) electrons. The summed E-state index contributed by atoms with van der Waals surface area (Å²) in [5, 5.41) is 11.6. The molecule has 1 amide bonds. The Labute approximate surface area is 204 Å². The van der Waals surface area contributed by atoms with E-state index >= 15 is 0 Å². The number of benzene rings is 2. The van der Waals surface area contributed by atoms with Crippen LogP contribution in [0.5, 0.6) is 5.88 Å². The molecule has 0 bridgehead atoms. The molecule has 3 heterocycles. The first kappa shape index (κ1) is 23.7. The predicted molar refractivity (Wildman–Crippen MR) is 135 cm³/mol. The molecule has 2 aromatic heterocycles. The van der Waals surface area contributed by atoms with Crippen LogP contribution in [0.15, 0.2) is 66.7 Å². The van der Waals surface area contributed by atoms with Gasteiger partial charge in [-0.1, -0.05) is 54.6 Å². The van der Waals surface area contributed by atoms with Crippen molar-refractivity contribution in [2.75, 3.05) is 13.1 Å². The lowest BCUT2D eigenvalue weighted by Crippen LogP contribution is -2.42. The van der Waals surface area contributed by atoms with Gasteiger partial charge in [0.2, 0.25) is 5.88 Å². The minimum Gasteiger partial charge on any atom is -0.473 e. The molecule has 0 aliphatic carbocycles. The normalized spacial score (nSPS) is 13.9. The number of hydrogen-bond acceptors (Lipinski definition) is 5. The second-order valence-corrected chi connectivity index (χ2v) is 8.30. The molecule has 0 atom stereocenters. The molecule has 1 saturated heterocycles. The maximum absolute atomic E-state index is 12.8. The molecule has 5 rings (SSSR count). The number of nitrogens with zero attached hydrogens (tertiary/aromatic N) is 3. The highest BCUT2D eigenvalue weighted by Crippen LogP contribution is 2.25. The van der Waals surface area contributed by atoms with Gasteiger partial charge >= 0.3 is 0 Å². The van der Waals surface area contributed by atoms with Gasteiger partial charge in [-0.05, 0) is 48.7 Å². The van der Waals surface area contributed by atoms with Gasteiger partial charge < -0.3 is 15.4 Å². The molecule has 7 nitrogen and oxygen atoms in total. The number of halogens is 1. The van der Waals surface area contributed by atoms with Gasteiger partial charge in [-0.15, -0.1) is 12.4 Å². The summed E-state index contributed by atoms with van der Waals surface area (Å²) >= 11 is 0. The number of carbonyl (C=O) groups is 1. The molecule has 176 valence electrons. The number of fused-ring (bicyclic) bond motifs is 1. The van der Waals surface area contributed by atoms with Crippen LogP contribution < -0.4 is 15.4 Å². The van der Waals surface area contributed by atoms with Crippen LogP contribution in [0.3, 0.4) is 0 Å². The van der Waals surface area contributed by atoms with E-state index in [2.05, 4.69) is 45.0 Å². The van der Waals surface area contributed by atoms with Crippen molar-refractivity contribution in [1.82, 2.24) is 25.4 Å². The Morgan fingerprint density at radius 3 is 2.59 bits per heavy atom. The first-order valence-electron chi connectivity index (χ1n) is 11.3. The van der Waals surface area contributed by atoms with Crippen molar-refractivity contribution in [3.8, 4) is 17.0 Å². The summed E-state index contributed by atoms with van der Waals surface area (Å²) in [5.74, 6) is 0.346. The number of aryl methyl sites for hydroxylation is 1. The summed E-state index contributed by atoms with van der Waals surface area (Å²) in [7, 11) is 1.80. The van der Waals surface area contributed by atoms with E-state index in [4.69, 9.17) is 4.74 Å². The fourth-order valence-corrected chi connectivity index (χ4v) is 4.28. The van der Waals surface area contributed by atoms with Crippen molar-refractivity contribution in [3.05, 3.63) is 78.0 Å². The van der Waals surface area contributed by atoms with Gasteiger partial charge in [-0.3, -0.25) is 4.79 Å². The third-order valence-electron chi connectivity index (χ3n) is 6.03. The highest BCUT2D eigenvalue weighted by molar-refractivity contribution is 6.04. The van der Waals surface area contributed by atoms with Crippen LogP contribution in [0.1, 0.15) is 28.9 Å². The van der Waals surface area contributed by atoms with Gasteiger partial charge in [0.1, 0.15) is 6.61 Å². The Bertz CT molecular complexity index is 1270. The molecule has 0 saturated carbocycles. The van der Waals surface area contributed by atoms with Crippen LogP contribution in [-0.2, 0) is 13.7 Å². The van der Waals surface area contributed by atoms with Crippen molar-refractivity contribution < 1.29 is 9.53 Å². The Balaban J connectivity index is 0.00000274. The molecule has 0 spiro atoms. The first-order chi connectivity index (χ1) is 16.2. The number of pyridine rings is 1. The van der Waals surface area contributed by atoms with Crippen molar-refractivity contribution in [2.24, 2.45) is 7.05 Å². The number of carbonyl (C=O) groups excluding carboxylic acids is 1. The van der Waals surface area contributed by atoms with Crippen molar-refractivity contribution >= 4 is 29.3 Å². The van der Waals surface area contributed by atoms with Crippen molar-refractivity contribution in [3.63, 3.8) is 0 Å². The lowest BCUT2D eigenvalue weighted by molar-refractivity contribution is 0.0925. The number of amides is 1. The molecule has 2 N–H and O–H groups in total. The van der Waals surface area contributed by atoms with Gasteiger partial charge in [0.25, 0.3) is 5.91 Å². The van der Waals surface area contributed by atoms with Crippen LogP contribution in [-0.4, -0.2) is 39.8 Å². The standard InChI is InChI=1S/C26H27N5O2.ClH/c1-31-25-22(24(30-31)26(32)28-20-13-15-27-16-14-20)11-12-23(29-25)33-17-19-9-5-6-10-21(19)18-7-3-2-4-8-18;/h2-12,20,27H,13-17H2,1H3,(H,28,32);1H. The van der Waals surface area contributed by atoms with E-state index in [0.717, 1.165) is 48.0 Å². The third-order valence-corrected chi connectivity index (χ3v) is 6.03. The summed E-state index contributed by atoms with van der Waals surface area (Å²) in [6.45, 7) is 2.23. The summed E-state index contributed by atoms with van der Waals surface area (Å²) < 4.78 is 7.69. The highest BCUT2D eigenvalue weighted by atomic mass is 35.5. The number of hydrogen-bond donors (Lipinski definition) is 2. The summed E-state index contributed by atoms with van der Waals surface area (Å²) in [6, 6.07) is 22.3. The number of rotatable bonds is 6. The fourth-order valence-electron chi connectivity index (χ4n) is 4.28. The number of nitrogens with one attached hydrogen (secondary N) is 2. The lowest BCUT2D eigenvalue weighted by Gasteiger charge is -2.23. The van der Waals surface area contributed by atoms with E-state index in [1.807, 2.05) is 36.4 Å². The van der Waals surface area contributed by atoms with Gasteiger partial charge in [-0.25, -0.2) is 4.68 Å². The molecule has 0 unspecified atom stereocenters. The Morgan fingerprint density at radius 2 is 1.79 bits per heavy atom. The van der Waals surface area contributed by atoms with E-state index in [1.54, 1.807) is 17.8 Å². The molecule has 8 heteroatoms. The Hall–Kier alpha value is -3.42. The third kappa shape index (κ3) is 5.05. The van der Waals surface area contributed by atoms with E-state index in [0.29, 0.717) is 23.8 Å². The fraction of sp³-hybridized carbons (Fsp3) is 0.269. The van der Waals surface area contributed by atoms with Gasteiger partial charge in [0, 0.05) is 19.2 Å². The minimum atomic E-state index is -0.153. The van der Waals surface area contributed by atoms with Gasteiger partial charge in [0.15, 0.2) is 11.3 Å². The van der Waals surface area contributed by atoms with Crippen molar-refractivity contribution in [1.29, 1.82) is 0 Å². The van der Waals surface area contributed by atoms with E-state index in [9.17, 15) is 4.79 Å². The molecule has 1 aliphatic heterocycles. The van der Waals surface area contributed by atoms with E-state index < -0.39 is 0 Å². The number of aromatic nitrogens is 3. The van der Waals surface area contributed by atoms with Crippen LogP contribution >= 0.6 is 12.4 Å². The zero-order valence-corrected chi connectivity index (χ0v) is 19.8. The largest absolute Gasteiger partial charge is 0.473 e. The number of ether oxygens (including phenoxy) is 1. The summed E-state index contributed by atoms with van der Waals surface area (Å²) in [6.07, 6.45) is 1.86. The molecular formula is C26H28ClN5O2. The van der Waals surface area contributed by atoms with E-state index in [-0.39, 0.29) is 24.4 Å². The first-order valence-corrected chi connectivity index (χ1v) is 11.3. The summed E-state index contributed by atoms with van der Waals surface area (Å²) in [5.41, 5.74) is 4.39. The molecule has 4 aromatic rings. The van der Waals surface area contributed by atoms with Gasteiger partial charge in [-0.2, -0.15) is 10.1 Å². The summed E-state index contributed by atoms with van der Waals surface area (Å²) in [4.78, 5) is 17.5. The van der Waals surface area contributed by atoms with Crippen molar-refractivity contribution in [2.45, 2.75) is 25.5 Å². The Morgan fingerprint density at radius 1 is 1.06 bits per heavy atom. The van der Waals surface area contributed by atoms with Crippen LogP contribution in [0.4, 0.5) is 0 Å². The Kier molecular flexibility index (Phi) is 7.45. The van der Waals surface area contributed by atoms with Crippen LogP contribution in [0, 0.1) is 0 Å². The van der Waals surface area contributed by atoms with Crippen LogP contribution in [0.25, 0.3) is 22.2 Å². The molecular weight excluding hydrogens is 450 g/mol. The monoisotopic (exact) mass is 477 g/mol. The second-order valence-electron chi connectivity index (χ2n) is 8.30. The average Bonchev–Trinajstić information content (AvgIpc) is 3.20. The van der Waals surface area contributed by atoms with Gasteiger partial charge in [0.05, 0.1) is 5.39 Å². The maximum atomic E-state index is 12.8. The average molecular weight is 478 g/mol. The highest BCUT2D eigenvalue weighted by Gasteiger charge is 2.21.